The van der Waals surface area contributed by atoms with Crippen LogP contribution in [0.3, 0.4) is 0 Å². The molecule has 4 nitrogen and oxygen atoms in total. The van der Waals surface area contributed by atoms with Crippen LogP contribution in [-0.2, 0) is 0 Å². The number of hydrogen-bond donors (Lipinski definition) is 0. The summed E-state index contributed by atoms with van der Waals surface area (Å²) >= 11 is 6.14. The number of rotatable bonds is 1. The second-order valence-corrected chi connectivity index (χ2v) is 5.00. The Hall–Kier alpha value is -2.53. The molecule has 0 spiro atoms. The molecule has 0 fully saturated rings. The molecule has 102 valence electrons. The van der Waals surface area contributed by atoms with E-state index in [0.717, 1.165) is 10.9 Å². The number of para-hydroxylation sites is 1. The fourth-order valence-electron chi connectivity index (χ4n) is 2.25. The van der Waals surface area contributed by atoms with Crippen molar-refractivity contribution >= 4 is 28.2 Å². The van der Waals surface area contributed by atoms with Gasteiger partial charge in [0.2, 0.25) is 0 Å². The lowest BCUT2D eigenvalue weighted by atomic mass is 10.2. The minimum atomic E-state index is -0.290. The summed E-state index contributed by atoms with van der Waals surface area (Å²) in [6.07, 6.45) is 1.57. The van der Waals surface area contributed by atoms with Crippen LogP contribution in [0.4, 0.5) is 4.39 Å². The van der Waals surface area contributed by atoms with Crippen LogP contribution < -0.4 is 0 Å². The topological polar surface area (TPSA) is 43.1 Å². The van der Waals surface area contributed by atoms with Crippen LogP contribution in [0, 0.1) is 5.82 Å². The van der Waals surface area contributed by atoms with Gasteiger partial charge in [-0.25, -0.2) is 18.9 Å². The molecule has 0 radical (unpaired) electrons. The third-order valence-corrected chi connectivity index (χ3v) is 3.56. The van der Waals surface area contributed by atoms with Crippen LogP contribution >= 0.6 is 11.6 Å². The van der Waals surface area contributed by atoms with Gasteiger partial charge in [-0.05, 0) is 36.4 Å². The zero-order valence-electron chi connectivity index (χ0n) is 10.7. The predicted octanol–water partition coefficient (Wildman–Crippen LogP) is 3.74. The molecule has 0 bridgehead atoms. The molecule has 0 aliphatic heterocycles. The molecule has 2 aromatic heterocycles. The predicted molar refractivity (Wildman–Crippen MR) is 78.7 cm³/mol. The van der Waals surface area contributed by atoms with Gasteiger partial charge >= 0.3 is 0 Å². The fraction of sp³-hybridized carbons (Fsp3) is 0. The zero-order valence-corrected chi connectivity index (χ0v) is 11.4. The van der Waals surface area contributed by atoms with Crippen LogP contribution in [0.1, 0.15) is 0 Å². The van der Waals surface area contributed by atoms with Gasteiger partial charge in [-0.1, -0.05) is 17.7 Å². The number of benzene rings is 2. The molecule has 6 heteroatoms. The Morgan fingerprint density at radius 1 is 1.05 bits per heavy atom. The summed E-state index contributed by atoms with van der Waals surface area (Å²) in [4.78, 5) is 8.81. The molecular formula is C15H8ClFN4. The lowest BCUT2D eigenvalue weighted by Gasteiger charge is -1.99. The highest BCUT2D eigenvalue weighted by Crippen LogP contribution is 2.25. The molecule has 0 saturated carbocycles. The van der Waals surface area contributed by atoms with Gasteiger partial charge in [0, 0.05) is 10.9 Å². The van der Waals surface area contributed by atoms with Gasteiger partial charge in [0.1, 0.15) is 12.1 Å². The van der Waals surface area contributed by atoms with Gasteiger partial charge in [-0.2, -0.15) is 0 Å². The molecular weight excluding hydrogens is 291 g/mol. The summed E-state index contributed by atoms with van der Waals surface area (Å²) < 4.78 is 14.6. The highest BCUT2D eigenvalue weighted by atomic mass is 35.5. The second kappa shape index (κ2) is 4.49. The molecule has 0 saturated heterocycles. The first kappa shape index (κ1) is 12.2. The van der Waals surface area contributed by atoms with E-state index in [0.29, 0.717) is 22.0 Å². The minimum Gasteiger partial charge on any atom is -0.235 e. The van der Waals surface area contributed by atoms with Crippen molar-refractivity contribution in [2.45, 2.75) is 0 Å². The van der Waals surface area contributed by atoms with E-state index in [-0.39, 0.29) is 5.82 Å². The Morgan fingerprint density at radius 2 is 1.86 bits per heavy atom. The molecule has 0 unspecified atom stereocenters. The smallest absolute Gasteiger partial charge is 0.182 e. The molecule has 0 aliphatic carbocycles. The number of fused-ring (bicyclic) bond motifs is 3. The largest absolute Gasteiger partial charge is 0.235 e. The van der Waals surface area contributed by atoms with Crippen molar-refractivity contribution in [3.63, 3.8) is 0 Å². The van der Waals surface area contributed by atoms with E-state index in [1.807, 2.05) is 12.1 Å². The Labute approximate surface area is 123 Å². The molecule has 0 atom stereocenters. The highest BCUT2D eigenvalue weighted by molar-refractivity contribution is 6.35. The number of nitrogens with zero attached hydrogens (tertiary/aromatic N) is 4. The Kier molecular flexibility index (Phi) is 2.62. The number of aromatic nitrogens is 4. The van der Waals surface area contributed by atoms with Crippen LogP contribution in [0.25, 0.3) is 27.9 Å². The van der Waals surface area contributed by atoms with Crippen molar-refractivity contribution < 1.29 is 4.39 Å². The molecule has 21 heavy (non-hydrogen) atoms. The standard InChI is InChI=1S/C15H8ClFN4/c16-12-3-1-2-11-13(12)18-8-21-15(11)19-14(20-21)9-4-6-10(17)7-5-9/h1-8H. The van der Waals surface area contributed by atoms with Gasteiger partial charge in [-0.15, -0.1) is 5.10 Å². The Morgan fingerprint density at radius 3 is 2.67 bits per heavy atom. The number of halogens is 2. The summed E-state index contributed by atoms with van der Waals surface area (Å²) in [6.45, 7) is 0. The quantitative estimate of drug-likeness (QED) is 0.538. The van der Waals surface area contributed by atoms with Crippen molar-refractivity contribution in [1.82, 2.24) is 19.6 Å². The van der Waals surface area contributed by atoms with E-state index in [4.69, 9.17) is 11.6 Å². The summed E-state index contributed by atoms with van der Waals surface area (Å²) in [5.41, 5.74) is 2.10. The van der Waals surface area contributed by atoms with Crippen molar-refractivity contribution in [2.75, 3.05) is 0 Å². The van der Waals surface area contributed by atoms with Crippen LogP contribution in [0.2, 0.25) is 5.02 Å². The molecule has 4 aromatic rings. The highest BCUT2D eigenvalue weighted by Gasteiger charge is 2.11. The second-order valence-electron chi connectivity index (χ2n) is 4.59. The lowest BCUT2D eigenvalue weighted by Crippen LogP contribution is -1.91. The van der Waals surface area contributed by atoms with Gasteiger partial charge in [0.05, 0.1) is 10.5 Å². The van der Waals surface area contributed by atoms with Crippen LogP contribution in [-0.4, -0.2) is 19.6 Å². The Balaban J connectivity index is 1.99. The average Bonchev–Trinajstić information content (AvgIpc) is 2.93. The number of hydrogen-bond acceptors (Lipinski definition) is 3. The molecule has 4 rings (SSSR count). The molecule has 2 aromatic carbocycles. The maximum absolute atomic E-state index is 13.0. The lowest BCUT2D eigenvalue weighted by molar-refractivity contribution is 0.628. The van der Waals surface area contributed by atoms with E-state index in [9.17, 15) is 4.39 Å². The zero-order chi connectivity index (χ0) is 14.4. The summed E-state index contributed by atoms with van der Waals surface area (Å²) in [5, 5.41) is 5.77. The first-order valence-electron chi connectivity index (χ1n) is 6.28. The van der Waals surface area contributed by atoms with Crippen LogP contribution in [0.15, 0.2) is 48.8 Å². The van der Waals surface area contributed by atoms with Crippen LogP contribution in [0.5, 0.6) is 0 Å². The normalized spacial score (nSPS) is 11.3. The Bertz CT molecular complexity index is 963. The summed E-state index contributed by atoms with van der Waals surface area (Å²) in [5.74, 6) is 0.227. The van der Waals surface area contributed by atoms with E-state index in [1.165, 1.54) is 12.1 Å². The minimum absolute atomic E-state index is 0.290. The molecule has 2 heterocycles. The fourth-order valence-corrected chi connectivity index (χ4v) is 2.47. The third kappa shape index (κ3) is 1.94. The summed E-state index contributed by atoms with van der Waals surface area (Å²) in [7, 11) is 0. The van der Waals surface area contributed by atoms with E-state index < -0.39 is 0 Å². The first-order valence-corrected chi connectivity index (χ1v) is 6.66. The monoisotopic (exact) mass is 298 g/mol. The molecule has 0 aliphatic rings. The van der Waals surface area contributed by atoms with Gasteiger partial charge in [0.15, 0.2) is 11.5 Å². The molecule has 0 N–H and O–H groups in total. The van der Waals surface area contributed by atoms with Crippen molar-refractivity contribution in [3.05, 3.63) is 59.6 Å². The average molecular weight is 299 g/mol. The first-order chi connectivity index (χ1) is 10.2. The van der Waals surface area contributed by atoms with Gasteiger partial charge in [0.25, 0.3) is 0 Å². The van der Waals surface area contributed by atoms with Gasteiger partial charge < -0.3 is 0 Å². The van der Waals surface area contributed by atoms with E-state index in [1.54, 1.807) is 29.0 Å². The summed E-state index contributed by atoms with van der Waals surface area (Å²) in [6, 6.07) is 11.6. The van der Waals surface area contributed by atoms with Gasteiger partial charge in [-0.3, -0.25) is 0 Å². The third-order valence-electron chi connectivity index (χ3n) is 3.26. The SMILES string of the molecule is Fc1ccc(-c2nc3c4cccc(Cl)c4ncn3n2)cc1. The van der Waals surface area contributed by atoms with Crippen molar-refractivity contribution in [3.8, 4) is 11.4 Å². The maximum Gasteiger partial charge on any atom is 0.182 e. The van der Waals surface area contributed by atoms with E-state index >= 15 is 0 Å². The van der Waals surface area contributed by atoms with E-state index in [2.05, 4.69) is 15.1 Å². The van der Waals surface area contributed by atoms with Crippen molar-refractivity contribution in [1.29, 1.82) is 0 Å². The maximum atomic E-state index is 13.0. The molecule has 0 amide bonds. The van der Waals surface area contributed by atoms with Crippen molar-refractivity contribution in [2.24, 2.45) is 0 Å².